The Morgan fingerprint density at radius 2 is 1.76 bits per heavy atom. The molecule has 1 aromatic carbocycles. The third-order valence-corrected chi connectivity index (χ3v) is 7.10. The van der Waals surface area contributed by atoms with Crippen molar-refractivity contribution >= 4 is 22.2 Å². The fraction of sp³-hybridized carbons (Fsp3) is 0.484. The van der Waals surface area contributed by atoms with Crippen LogP contribution < -0.4 is 10.2 Å². The smallest absolute Gasteiger partial charge is 0.0624 e. The van der Waals surface area contributed by atoms with Gasteiger partial charge in [0.05, 0.1) is 22.6 Å². The average molecular weight is 462 g/mol. The minimum absolute atomic E-state index is 0.381. The Hall–Kier alpha value is -2.68. The van der Waals surface area contributed by atoms with Gasteiger partial charge in [-0.25, -0.2) is 0 Å². The van der Waals surface area contributed by atoms with E-state index in [0.717, 1.165) is 18.5 Å². The zero-order valence-corrected chi connectivity index (χ0v) is 23.2. The first-order valence-corrected chi connectivity index (χ1v) is 12.9. The lowest BCUT2D eigenvalue weighted by Crippen LogP contribution is -2.33. The Bertz CT molecular complexity index is 1090. The van der Waals surface area contributed by atoms with Crippen LogP contribution in [0.25, 0.3) is 16.5 Å². The molecule has 3 heteroatoms. The zero-order valence-electron chi connectivity index (χ0n) is 23.2. The molecule has 34 heavy (non-hydrogen) atoms. The molecule has 1 aliphatic heterocycles. The Morgan fingerprint density at radius 1 is 1.12 bits per heavy atom. The lowest BCUT2D eigenvalue weighted by Gasteiger charge is -2.32. The number of benzene rings is 1. The number of anilines is 1. The number of fused-ring (bicyclic) bond motifs is 2. The molecule has 2 aromatic rings. The van der Waals surface area contributed by atoms with E-state index in [2.05, 4.69) is 95.8 Å². The highest BCUT2D eigenvalue weighted by molar-refractivity contribution is 6.02. The third-order valence-electron chi connectivity index (χ3n) is 7.10. The number of H-pyrrole nitrogens is 1. The number of allylic oxidation sites excluding steroid dienone is 3. The van der Waals surface area contributed by atoms with E-state index < -0.39 is 0 Å². The maximum Gasteiger partial charge on any atom is 0.0624 e. The van der Waals surface area contributed by atoms with Crippen LogP contribution in [0.2, 0.25) is 0 Å². The molecule has 2 atom stereocenters. The van der Waals surface area contributed by atoms with Crippen molar-refractivity contribution in [3.05, 3.63) is 71.2 Å². The first-order chi connectivity index (χ1) is 16.2. The quantitative estimate of drug-likeness (QED) is 0.415. The number of rotatable bonds is 1. The third kappa shape index (κ3) is 4.89. The zero-order chi connectivity index (χ0) is 25.7. The first kappa shape index (κ1) is 27.6. The molecule has 0 saturated carbocycles. The number of aromatic nitrogens is 1. The van der Waals surface area contributed by atoms with Gasteiger partial charge in [-0.1, -0.05) is 45.4 Å². The van der Waals surface area contributed by atoms with Crippen LogP contribution in [0, 0.1) is 0 Å². The first-order valence-electron chi connectivity index (χ1n) is 12.9. The Labute approximate surface area is 208 Å². The van der Waals surface area contributed by atoms with Crippen LogP contribution in [0.5, 0.6) is 0 Å². The van der Waals surface area contributed by atoms with Gasteiger partial charge in [0.25, 0.3) is 0 Å². The van der Waals surface area contributed by atoms with Gasteiger partial charge < -0.3 is 15.2 Å². The second-order valence-electron chi connectivity index (χ2n) is 9.68. The molecule has 2 aliphatic rings. The van der Waals surface area contributed by atoms with Gasteiger partial charge >= 0.3 is 0 Å². The monoisotopic (exact) mass is 461 g/mol. The molecule has 0 bridgehead atoms. The fourth-order valence-corrected chi connectivity index (χ4v) is 5.57. The van der Waals surface area contributed by atoms with Gasteiger partial charge in [-0.05, 0) is 87.6 Å². The van der Waals surface area contributed by atoms with Gasteiger partial charge in [0.2, 0.25) is 0 Å². The van der Waals surface area contributed by atoms with Gasteiger partial charge in [-0.2, -0.15) is 0 Å². The van der Waals surface area contributed by atoms with Crippen LogP contribution >= 0.6 is 0 Å². The molecule has 0 fully saturated rings. The lowest BCUT2D eigenvalue weighted by molar-refractivity contribution is 0.551. The summed E-state index contributed by atoms with van der Waals surface area (Å²) in [6.07, 6.45) is 6.73. The summed E-state index contributed by atoms with van der Waals surface area (Å²) >= 11 is 0. The van der Waals surface area contributed by atoms with Crippen LogP contribution in [0.4, 0.5) is 5.69 Å². The predicted molar refractivity (Wildman–Crippen MR) is 154 cm³/mol. The van der Waals surface area contributed by atoms with Crippen molar-refractivity contribution in [2.45, 2.75) is 93.0 Å². The summed E-state index contributed by atoms with van der Waals surface area (Å²) in [4.78, 5) is 6.08. The normalized spacial score (nSPS) is 19.4. The second kappa shape index (κ2) is 11.6. The number of nitrogens with one attached hydrogen (secondary N) is 2. The molecule has 0 radical (unpaired) electrons. The summed E-state index contributed by atoms with van der Waals surface area (Å²) in [6, 6.07) is 2.85. The van der Waals surface area contributed by atoms with E-state index in [-0.39, 0.29) is 0 Å². The number of hydrogen-bond acceptors (Lipinski definition) is 2. The van der Waals surface area contributed by atoms with Crippen molar-refractivity contribution in [1.82, 2.24) is 10.3 Å². The van der Waals surface area contributed by atoms with Crippen molar-refractivity contribution in [3.8, 4) is 0 Å². The molecular formula is C31H47N3. The van der Waals surface area contributed by atoms with Crippen LogP contribution in [-0.4, -0.2) is 18.1 Å². The Morgan fingerprint density at radius 3 is 2.32 bits per heavy atom. The molecule has 2 N–H and O–H groups in total. The van der Waals surface area contributed by atoms with E-state index in [1.165, 1.54) is 68.5 Å². The Balaban J connectivity index is 0.000000970. The highest BCUT2D eigenvalue weighted by atomic mass is 15.2. The van der Waals surface area contributed by atoms with Gasteiger partial charge in [0.15, 0.2) is 0 Å². The standard InChI is InChI=1S/C27H37N3.C2H6.C2H4/c1-9-20-12-19-14-28-26-24-17(6)10-11-21(15(2)3)22(24)13-23(25(19)26)30(8)27(16(4)5)18(7)29-20;2*1-2/h13-14,17,20,28-29H,7,9-12H2,1-6,8H3;1-2H3;1-2H2/t17?,20-;;/m1../s1. The second-order valence-corrected chi connectivity index (χ2v) is 9.68. The van der Waals surface area contributed by atoms with E-state index in [4.69, 9.17) is 0 Å². The summed E-state index contributed by atoms with van der Waals surface area (Å²) in [5.41, 5.74) is 13.5. The lowest BCUT2D eigenvalue weighted by atomic mass is 9.77. The molecule has 186 valence electrons. The van der Waals surface area contributed by atoms with E-state index >= 15 is 0 Å². The number of aromatic amines is 1. The summed E-state index contributed by atoms with van der Waals surface area (Å²) in [5.74, 6) is 0.569. The highest BCUT2D eigenvalue weighted by Gasteiger charge is 2.30. The molecule has 3 nitrogen and oxygen atoms in total. The number of likely N-dealkylation sites (N-methyl/N-ethyl adjacent to an activating group) is 1. The predicted octanol–water partition coefficient (Wildman–Crippen LogP) is 8.86. The summed E-state index contributed by atoms with van der Waals surface area (Å²) in [7, 11) is 2.20. The molecular weight excluding hydrogens is 414 g/mol. The van der Waals surface area contributed by atoms with Gasteiger partial charge in [0, 0.05) is 24.7 Å². The van der Waals surface area contributed by atoms with E-state index in [0.29, 0.717) is 12.0 Å². The number of hydrogen-bond donors (Lipinski definition) is 2. The van der Waals surface area contributed by atoms with Gasteiger partial charge in [-0.15, -0.1) is 13.2 Å². The maximum atomic E-state index is 4.43. The summed E-state index contributed by atoms with van der Waals surface area (Å²) < 4.78 is 0. The van der Waals surface area contributed by atoms with Crippen LogP contribution in [0.1, 0.15) is 97.3 Å². The minimum atomic E-state index is 0.381. The average Bonchev–Trinajstić information content (AvgIpc) is 3.24. The van der Waals surface area contributed by atoms with Gasteiger partial charge in [0.1, 0.15) is 0 Å². The molecule has 0 amide bonds. The van der Waals surface area contributed by atoms with Crippen LogP contribution in [0.15, 0.2) is 54.5 Å². The maximum absolute atomic E-state index is 4.43. The molecule has 1 unspecified atom stereocenters. The van der Waals surface area contributed by atoms with Crippen molar-refractivity contribution in [2.75, 3.05) is 11.9 Å². The van der Waals surface area contributed by atoms with E-state index in [1.54, 1.807) is 0 Å². The minimum Gasteiger partial charge on any atom is -0.381 e. The topological polar surface area (TPSA) is 31.1 Å². The van der Waals surface area contributed by atoms with Crippen molar-refractivity contribution < 1.29 is 0 Å². The number of nitrogens with zero attached hydrogens (tertiary/aromatic N) is 1. The van der Waals surface area contributed by atoms with Crippen molar-refractivity contribution in [2.24, 2.45) is 0 Å². The van der Waals surface area contributed by atoms with Crippen LogP contribution in [0.3, 0.4) is 0 Å². The SMILES string of the molecule is C=C.C=C1N[C@H](CC)Cc2c[nH]c3c4c(cc(c23)N(C)C1=C(C)C)C(=C(C)C)CCC4C.CC. The summed E-state index contributed by atoms with van der Waals surface area (Å²) in [6.45, 7) is 28.0. The molecule has 0 spiro atoms. The largest absolute Gasteiger partial charge is 0.381 e. The molecule has 4 rings (SSSR count). The summed E-state index contributed by atoms with van der Waals surface area (Å²) in [5, 5.41) is 5.12. The van der Waals surface area contributed by atoms with Crippen molar-refractivity contribution in [3.63, 3.8) is 0 Å². The molecule has 1 aromatic heterocycles. The van der Waals surface area contributed by atoms with E-state index in [1.807, 2.05) is 13.8 Å². The van der Waals surface area contributed by atoms with Crippen LogP contribution in [-0.2, 0) is 6.42 Å². The Kier molecular flexibility index (Phi) is 9.44. The molecule has 0 saturated heterocycles. The van der Waals surface area contributed by atoms with Crippen molar-refractivity contribution in [1.29, 1.82) is 0 Å². The van der Waals surface area contributed by atoms with E-state index in [9.17, 15) is 0 Å². The van der Waals surface area contributed by atoms with Gasteiger partial charge in [-0.3, -0.25) is 0 Å². The fourth-order valence-electron chi connectivity index (χ4n) is 5.57. The molecule has 1 aliphatic carbocycles. The molecule has 2 heterocycles. The highest BCUT2D eigenvalue weighted by Crippen LogP contribution is 2.47.